The topological polar surface area (TPSA) is 101 Å². The van der Waals surface area contributed by atoms with Crippen molar-refractivity contribution in [3.63, 3.8) is 0 Å². The first-order chi connectivity index (χ1) is 17.6. The highest BCUT2D eigenvalue weighted by molar-refractivity contribution is 7.18. The molecule has 3 aliphatic rings. The Hall–Kier alpha value is -2.89. The van der Waals surface area contributed by atoms with Gasteiger partial charge in [-0.15, -0.1) is 0 Å². The van der Waals surface area contributed by atoms with Crippen LogP contribution in [0.15, 0.2) is 30.9 Å². The highest BCUT2D eigenvalue weighted by atomic mass is 32.1. The predicted molar refractivity (Wildman–Crippen MR) is 139 cm³/mol. The monoisotopic (exact) mass is 508 g/mol. The van der Waals surface area contributed by atoms with Crippen LogP contribution in [0.3, 0.4) is 0 Å². The molecule has 0 unspecified atom stereocenters. The van der Waals surface area contributed by atoms with Gasteiger partial charge in [0.1, 0.15) is 6.10 Å². The molecule has 1 N–H and O–H groups in total. The van der Waals surface area contributed by atoms with Crippen molar-refractivity contribution in [2.24, 2.45) is 5.41 Å². The van der Waals surface area contributed by atoms with Crippen molar-refractivity contribution in [2.75, 3.05) is 56.7 Å². The quantitative estimate of drug-likeness (QED) is 0.531. The maximum absolute atomic E-state index is 6.14. The second-order valence-electron chi connectivity index (χ2n) is 10.1. The van der Waals surface area contributed by atoms with Gasteiger partial charge in [0.15, 0.2) is 5.13 Å². The highest BCUT2D eigenvalue weighted by Gasteiger charge is 2.42. The molecule has 3 aromatic heterocycles. The molecule has 0 radical (unpaired) electrons. The molecular formula is C25H32N8O2S. The number of aromatic nitrogens is 5. The van der Waals surface area contributed by atoms with E-state index in [0.717, 1.165) is 92.9 Å². The van der Waals surface area contributed by atoms with E-state index in [1.807, 2.05) is 24.7 Å². The molecule has 6 rings (SSSR count). The van der Waals surface area contributed by atoms with Gasteiger partial charge in [0.2, 0.25) is 5.95 Å². The van der Waals surface area contributed by atoms with Crippen LogP contribution in [-0.4, -0.2) is 82.4 Å². The van der Waals surface area contributed by atoms with Crippen LogP contribution < -0.4 is 15.0 Å². The molecule has 11 heteroatoms. The van der Waals surface area contributed by atoms with E-state index in [4.69, 9.17) is 9.47 Å². The SMILES string of the molecule is CN1CCCN(c2cnc(Nc3ncc(-c4ccnc(OC5CCC6(CC5)COC6)n4)s3)nc2)CC1. The minimum absolute atomic E-state index is 0.167. The Balaban J connectivity index is 1.06. The molecule has 0 aromatic carbocycles. The first kappa shape index (κ1) is 23.5. The molecule has 3 fully saturated rings. The second-order valence-corrected chi connectivity index (χ2v) is 11.1. The van der Waals surface area contributed by atoms with E-state index < -0.39 is 0 Å². The third-order valence-corrected chi connectivity index (χ3v) is 8.35. The van der Waals surface area contributed by atoms with Gasteiger partial charge in [0.05, 0.1) is 41.9 Å². The molecule has 2 saturated heterocycles. The van der Waals surface area contributed by atoms with E-state index in [9.17, 15) is 0 Å². The number of thiazole rings is 1. The number of nitrogens with zero attached hydrogens (tertiary/aromatic N) is 7. The van der Waals surface area contributed by atoms with Crippen molar-refractivity contribution in [3.05, 3.63) is 30.9 Å². The zero-order valence-electron chi connectivity index (χ0n) is 20.6. The van der Waals surface area contributed by atoms with E-state index in [1.54, 1.807) is 6.20 Å². The largest absolute Gasteiger partial charge is 0.460 e. The Morgan fingerprint density at radius 2 is 1.86 bits per heavy atom. The number of likely N-dealkylation sites (N-methyl/N-ethyl adjacent to an activating group) is 1. The van der Waals surface area contributed by atoms with Gasteiger partial charge in [0.25, 0.3) is 0 Å². The lowest BCUT2D eigenvalue weighted by Gasteiger charge is -2.45. The van der Waals surface area contributed by atoms with Crippen molar-refractivity contribution in [1.29, 1.82) is 0 Å². The summed E-state index contributed by atoms with van der Waals surface area (Å²) in [6.07, 6.45) is 13.0. The highest BCUT2D eigenvalue weighted by Crippen LogP contribution is 2.43. The number of anilines is 3. The van der Waals surface area contributed by atoms with Gasteiger partial charge < -0.3 is 24.6 Å². The average molecular weight is 509 g/mol. The maximum Gasteiger partial charge on any atom is 0.317 e. The smallest absolute Gasteiger partial charge is 0.317 e. The van der Waals surface area contributed by atoms with E-state index in [-0.39, 0.29) is 6.10 Å². The van der Waals surface area contributed by atoms with Crippen LogP contribution in [-0.2, 0) is 4.74 Å². The van der Waals surface area contributed by atoms with E-state index in [0.29, 0.717) is 17.4 Å². The first-order valence-corrected chi connectivity index (χ1v) is 13.5. The summed E-state index contributed by atoms with van der Waals surface area (Å²) in [7, 11) is 2.17. The fourth-order valence-electron chi connectivity index (χ4n) is 5.08. The lowest BCUT2D eigenvalue weighted by atomic mass is 9.72. The summed E-state index contributed by atoms with van der Waals surface area (Å²) in [6.45, 7) is 5.99. The third kappa shape index (κ3) is 5.28. The molecule has 1 spiro atoms. The molecule has 36 heavy (non-hydrogen) atoms. The molecular weight excluding hydrogens is 476 g/mol. The zero-order valence-corrected chi connectivity index (χ0v) is 21.4. The fraction of sp³-hybridized carbons (Fsp3) is 0.560. The second kappa shape index (κ2) is 10.2. The molecule has 10 nitrogen and oxygen atoms in total. The van der Waals surface area contributed by atoms with Gasteiger partial charge in [-0.3, -0.25) is 0 Å². The van der Waals surface area contributed by atoms with E-state index in [1.165, 1.54) is 11.3 Å². The summed E-state index contributed by atoms with van der Waals surface area (Å²) in [4.78, 5) is 28.2. The van der Waals surface area contributed by atoms with Crippen LogP contribution >= 0.6 is 11.3 Å². The predicted octanol–water partition coefficient (Wildman–Crippen LogP) is 3.61. The Labute approximate surface area is 215 Å². The summed E-state index contributed by atoms with van der Waals surface area (Å²) in [5.41, 5.74) is 2.26. The van der Waals surface area contributed by atoms with E-state index >= 15 is 0 Å². The number of hydrogen-bond acceptors (Lipinski definition) is 11. The van der Waals surface area contributed by atoms with Crippen LogP contribution in [0.2, 0.25) is 0 Å². The minimum atomic E-state index is 0.167. The molecule has 1 saturated carbocycles. The Kier molecular flexibility index (Phi) is 6.68. The Bertz CT molecular complexity index is 1160. The Morgan fingerprint density at radius 3 is 2.64 bits per heavy atom. The number of hydrogen-bond donors (Lipinski definition) is 1. The van der Waals surface area contributed by atoms with Crippen molar-refractivity contribution in [1.82, 2.24) is 29.8 Å². The van der Waals surface area contributed by atoms with Gasteiger partial charge in [-0.2, -0.15) is 4.98 Å². The van der Waals surface area contributed by atoms with Gasteiger partial charge >= 0.3 is 6.01 Å². The van der Waals surface area contributed by atoms with Gasteiger partial charge in [0, 0.05) is 37.4 Å². The molecule has 5 heterocycles. The molecule has 0 bridgehead atoms. The van der Waals surface area contributed by atoms with Crippen LogP contribution in [0.4, 0.5) is 16.8 Å². The van der Waals surface area contributed by atoms with Gasteiger partial charge in [-0.05, 0) is 51.8 Å². The lowest BCUT2D eigenvalue weighted by molar-refractivity contribution is -0.140. The van der Waals surface area contributed by atoms with Gasteiger partial charge in [-0.25, -0.2) is 19.9 Å². The number of ether oxygens (including phenoxy) is 2. The molecule has 0 amide bonds. The van der Waals surface area contributed by atoms with Crippen molar-refractivity contribution in [3.8, 4) is 16.6 Å². The molecule has 2 aliphatic heterocycles. The normalized spacial score (nSPS) is 20.6. The number of nitrogens with one attached hydrogen (secondary N) is 1. The molecule has 3 aromatic rings. The fourth-order valence-corrected chi connectivity index (χ4v) is 5.86. The Morgan fingerprint density at radius 1 is 1.03 bits per heavy atom. The third-order valence-electron chi connectivity index (χ3n) is 7.42. The molecule has 190 valence electrons. The summed E-state index contributed by atoms with van der Waals surface area (Å²) >= 11 is 1.50. The van der Waals surface area contributed by atoms with Crippen LogP contribution in [0.5, 0.6) is 6.01 Å². The zero-order chi connectivity index (χ0) is 24.4. The standard InChI is InChI=1S/C25H32N8O2S/c1-32-9-2-10-33(12-11-32)18-13-27-22(28-14-18)31-24-29-15-21(36-24)20-5-8-26-23(30-20)35-19-3-6-25(7-4-19)16-34-17-25/h5,8,13-15,19H,2-4,6-7,9-12,16-17H2,1H3,(H,27,28,29,31). The molecule has 1 aliphatic carbocycles. The molecule has 0 atom stereocenters. The van der Waals surface area contributed by atoms with Crippen molar-refractivity contribution < 1.29 is 9.47 Å². The summed E-state index contributed by atoms with van der Waals surface area (Å²) in [5.74, 6) is 0.533. The van der Waals surface area contributed by atoms with E-state index in [2.05, 4.69) is 47.1 Å². The maximum atomic E-state index is 6.14. The van der Waals surface area contributed by atoms with Gasteiger partial charge in [-0.1, -0.05) is 11.3 Å². The lowest BCUT2D eigenvalue weighted by Crippen LogP contribution is -2.46. The summed E-state index contributed by atoms with van der Waals surface area (Å²) < 4.78 is 11.6. The number of rotatable bonds is 6. The minimum Gasteiger partial charge on any atom is -0.460 e. The van der Waals surface area contributed by atoms with Crippen molar-refractivity contribution in [2.45, 2.75) is 38.2 Å². The van der Waals surface area contributed by atoms with Crippen LogP contribution in [0, 0.1) is 5.41 Å². The van der Waals surface area contributed by atoms with Crippen LogP contribution in [0.1, 0.15) is 32.1 Å². The van der Waals surface area contributed by atoms with Crippen molar-refractivity contribution >= 4 is 28.1 Å². The first-order valence-electron chi connectivity index (χ1n) is 12.7. The average Bonchev–Trinajstić information content (AvgIpc) is 3.24. The van der Waals surface area contributed by atoms with Crippen LogP contribution in [0.25, 0.3) is 10.6 Å². The summed E-state index contributed by atoms with van der Waals surface area (Å²) in [6, 6.07) is 2.31. The summed E-state index contributed by atoms with van der Waals surface area (Å²) in [5, 5.41) is 3.93.